The van der Waals surface area contributed by atoms with Crippen LogP contribution in [0.2, 0.25) is 0 Å². The zero-order valence-corrected chi connectivity index (χ0v) is 12.9. The summed E-state index contributed by atoms with van der Waals surface area (Å²) in [7, 11) is 0. The van der Waals surface area contributed by atoms with E-state index in [0.29, 0.717) is 0 Å². The summed E-state index contributed by atoms with van der Waals surface area (Å²) in [5.74, 6) is 0.310. The number of hydrogen-bond donors (Lipinski definition) is 2. The Balaban J connectivity index is 0.00000147. The van der Waals surface area contributed by atoms with Crippen molar-refractivity contribution in [2.45, 2.75) is 19.4 Å². The van der Waals surface area contributed by atoms with E-state index >= 15 is 0 Å². The monoisotopic (exact) mass is 311 g/mol. The minimum Gasteiger partial charge on any atom is -0.353 e. The number of aromatic nitrogens is 1. The van der Waals surface area contributed by atoms with Crippen LogP contribution in [0.15, 0.2) is 24.3 Å². The number of hydrogen-bond acceptors (Lipinski definition) is 4. The predicted molar refractivity (Wildman–Crippen MR) is 84.5 cm³/mol. The molecule has 2 N–H and O–H groups in total. The average Bonchev–Trinajstić information content (AvgIpc) is 2.67. The molecule has 2 aromatic rings. The van der Waals surface area contributed by atoms with Crippen LogP contribution in [0.25, 0.3) is 10.2 Å². The van der Waals surface area contributed by atoms with E-state index in [9.17, 15) is 4.79 Å². The Labute approximate surface area is 128 Å². The van der Waals surface area contributed by atoms with E-state index in [4.69, 9.17) is 0 Å². The highest BCUT2D eigenvalue weighted by molar-refractivity contribution is 7.18. The van der Waals surface area contributed by atoms with Crippen molar-refractivity contribution in [3.63, 3.8) is 0 Å². The van der Waals surface area contributed by atoms with Gasteiger partial charge in [-0.25, -0.2) is 4.98 Å². The Hall–Kier alpha value is -1.17. The SMILES string of the molecule is CC(Cc1nc2ccccc2s1)NC(=O)C1CNC1.Cl. The van der Waals surface area contributed by atoms with Crippen molar-refractivity contribution >= 4 is 39.9 Å². The van der Waals surface area contributed by atoms with Crippen LogP contribution in [0.1, 0.15) is 11.9 Å². The van der Waals surface area contributed by atoms with Crippen LogP contribution in [0.4, 0.5) is 0 Å². The predicted octanol–water partition coefficient (Wildman–Crippen LogP) is 1.98. The number of amides is 1. The first kappa shape index (κ1) is 15.2. The van der Waals surface area contributed by atoms with E-state index in [-0.39, 0.29) is 30.3 Å². The molecule has 1 unspecified atom stereocenters. The molecule has 20 heavy (non-hydrogen) atoms. The molecule has 1 atom stereocenters. The number of carbonyl (C=O) groups excluding carboxylic acids is 1. The second-order valence-electron chi connectivity index (χ2n) is 5.04. The summed E-state index contributed by atoms with van der Waals surface area (Å²) < 4.78 is 1.21. The van der Waals surface area contributed by atoms with Crippen LogP contribution >= 0.6 is 23.7 Å². The van der Waals surface area contributed by atoms with E-state index < -0.39 is 0 Å². The fraction of sp³-hybridized carbons (Fsp3) is 0.429. The van der Waals surface area contributed by atoms with Gasteiger partial charge < -0.3 is 10.6 Å². The summed E-state index contributed by atoms with van der Waals surface area (Å²) in [5, 5.41) is 7.26. The Morgan fingerprint density at radius 1 is 1.50 bits per heavy atom. The summed E-state index contributed by atoms with van der Waals surface area (Å²) in [6.45, 7) is 3.65. The first-order valence-electron chi connectivity index (χ1n) is 6.58. The molecule has 0 bridgehead atoms. The molecule has 1 saturated heterocycles. The van der Waals surface area contributed by atoms with E-state index in [1.807, 2.05) is 25.1 Å². The molecular weight excluding hydrogens is 294 g/mol. The van der Waals surface area contributed by atoms with Crippen molar-refractivity contribution in [3.8, 4) is 0 Å². The molecule has 3 rings (SSSR count). The van der Waals surface area contributed by atoms with Gasteiger partial charge in [-0.05, 0) is 19.1 Å². The van der Waals surface area contributed by atoms with Gasteiger partial charge in [0.05, 0.1) is 21.1 Å². The van der Waals surface area contributed by atoms with Crippen molar-refractivity contribution in [3.05, 3.63) is 29.3 Å². The maximum Gasteiger partial charge on any atom is 0.225 e. The zero-order chi connectivity index (χ0) is 13.2. The van der Waals surface area contributed by atoms with Gasteiger partial charge >= 0.3 is 0 Å². The minimum absolute atomic E-state index is 0. The fourth-order valence-corrected chi connectivity index (χ4v) is 3.25. The maximum atomic E-state index is 11.8. The highest BCUT2D eigenvalue weighted by Crippen LogP contribution is 2.22. The van der Waals surface area contributed by atoms with Crippen molar-refractivity contribution < 1.29 is 4.79 Å². The smallest absolute Gasteiger partial charge is 0.225 e. The normalized spacial score (nSPS) is 16.2. The fourth-order valence-electron chi connectivity index (χ4n) is 2.15. The van der Waals surface area contributed by atoms with Crippen molar-refractivity contribution in [2.24, 2.45) is 5.92 Å². The van der Waals surface area contributed by atoms with Gasteiger partial charge in [0.25, 0.3) is 0 Å². The van der Waals surface area contributed by atoms with Crippen LogP contribution in [-0.2, 0) is 11.2 Å². The summed E-state index contributed by atoms with van der Waals surface area (Å²) in [6.07, 6.45) is 0.797. The summed E-state index contributed by atoms with van der Waals surface area (Å²) in [4.78, 5) is 16.4. The Kier molecular flexibility index (Phi) is 4.96. The van der Waals surface area contributed by atoms with Gasteiger partial charge in [-0.1, -0.05) is 12.1 Å². The summed E-state index contributed by atoms with van der Waals surface area (Å²) in [6, 6.07) is 8.27. The molecule has 1 aromatic carbocycles. The lowest BCUT2D eigenvalue weighted by Crippen LogP contribution is -2.52. The van der Waals surface area contributed by atoms with Gasteiger partial charge in [0.15, 0.2) is 0 Å². The van der Waals surface area contributed by atoms with Gasteiger partial charge in [-0.3, -0.25) is 4.79 Å². The van der Waals surface area contributed by atoms with E-state index in [1.54, 1.807) is 11.3 Å². The van der Waals surface area contributed by atoms with E-state index in [2.05, 4.69) is 21.7 Å². The number of benzene rings is 1. The van der Waals surface area contributed by atoms with Crippen molar-refractivity contribution in [2.75, 3.05) is 13.1 Å². The highest BCUT2D eigenvalue weighted by Gasteiger charge is 2.25. The zero-order valence-electron chi connectivity index (χ0n) is 11.3. The summed E-state index contributed by atoms with van der Waals surface area (Å²) in [5.41, 5.74) is 1.05. The lowest BCUT2D eigenvalue weighted by molar-refractivity contribution is -0.127. The van der Waals surface area contributed by atoms with Gasteiger partial charge in [0.1, 0.15) is 0 Å². The van der Waals surface area contributed by atoms with Crippen LogP contribution in [-0.4, -0.2) is 30.0 Å². The largest absolute Gasteiger partial charge is 0.353 e. The van der Waals surface area contributed by atoms with Crippen LogP contribution in [0, 0.1) is 5.92 Å². The lowest BCUT2D eigenvalue weighted by atomic mass is 10.0. The number of nitrogens with zero attached hydrogens (tertiary/aromatic N) is 1. The second kappa shape index (κ2) is 6.52. The van der Waals surface area contributed by atoms with Crippen molar-refractivity contribution in [1.29, 1.82) is 0 Å². The quantitative estimate of drug-likeness (QED) is 0.908. The molecule has 2 heterocycles. The van der Waals surface area contributed by atoms with Crippen LogP contribution in [0.5, 0.6) is 0 Å². The molecular formula is C14H18ClN3OS. The first-order chi connectivity index (χ1) is 9.22. The molecule has 1 fully saturated rings. The lowest BCUT2D eigenvalue weighted by Gasteiger charge is -2.27. The average molecular weight is 312 g/mol. The molecule has 0 aliphatic carbocycles. The summed E-state index contributed by atoms with van der Waals surface area (Å²) >= 11 is 1.71. The van der Waals surface area contributed by atoms with Gasteiger partial charge in [0.2, 0.25) is 5.91 Å². The number of thiazole rings is 1. The number of fused-ring (bicyclic) bond motifs is 1. The molecule has 1 amide bonds. The molecule has 108 valence electrons. The molecule has 6 heteroatoms. The molecule has 0 saturated carbocycles. The number of rotatable bonds is 4. The van der Waals surface area contributed by atoms with Crippen LogP contribution in [0.3, 0.4) is 0 Å². The molecule has 1 aliphatic heterocycles. The first-order valence-corrected chi connectivity index (χ1v) is 7.39. The second-order valence-corrected chi connectivity index (χ2v) is 6.16. The van der Waals surface area contributed by atoms with Gasteiger partial charge in [-0.2, -0.15) is 0 Å². The third-order valence-corrected chi connectivity index (χ3v) is 4.42. The third-order valence-electron chi connectivity index (χ3n) is 3.36. The molecule has 0 spiro atoms. The molecule has 1 aliphatic rings. The molecule has 0 radical (unpaired) electrons. The third kappa shape index (κ3) is 3.29. The van der Waals surface area contributed by atoms with E-state index in [0.717, 1.165) is 30.0 Å². The van der Waals surface area contributed by atoms with E-state index in [1.165, 1.54) is 4.70 Å². The topological polar surface area (TPSA) is 54.0 Å². The highest BCUT2D eigenvalue weighted by atomic mass is 35.5. The molecule has 4 nitrogen and oxygen atoms in total. The number of carbonyl (C=O) groups is 1. The molecule has 1 aromatic heterocycles. The van der Waals surface area contributed by atoms with Gasteiger partial charge in [-0.15, -0.1) is 23.7 Å². The Morgan fingerprint density at radius 2 is 2.25 bits per heavy atom. The van der Waals surface area contributed by atoms with Crippen molar-refractivity contribution in [1.82, 2.24) is 15.6 Å². The van der Waals surface area contributed by atoms with Gasteiger partial charge in [0, 0.05) is 25.6 Å². The minimum atomic E-state index is 0. The number of nitrogens with one attached hydrogen (secondary N) is 2. The van der Waals surface area contributed by atoms with Crippen LogP contribution < -0.4 is 10.6 Å². The number of para-hydroxylation sites is 1. The standard InChI is InChI=1S/C14H17N3OS.ClH/c1-9(16-14(18)10-7-15-8-10)6-13-17-11-4-2-3-5-12(11)19-13;/h2-5,9-10,15H,6-8H2,1H3,(H,16,18);1H. The number of halogens is 1. The Bertz CT molecular complexity index is 564. The Morgan fingerprint density at radius 3 is 2.90 bits per heavy atom. The maximum absolute atomic E-state index is 11.8.